The molecule has 0 bridgehead atoms. The van der Waals surface area contributed by atoms with Crippen molar-refractivity contribution in [3.05, 3.63) is 120 Å². The highest BCUT2D eigenvalue weighted by atomic mass is 16.4. The molecule has 1 aliphatic heterocycles. The van der Waals surface area contributed by atoms with Gasteiger partial charge in [-0.1, -0.05) is 129 Å². The predicted octanol–water partition coefficient (Wildman–Crippen LogP) is 6.98. The van der Waals surface area contributed by atoms with Crippen LogP contribution in [0, 0.1) is 10.8 Å². The van der Waals surface area contributed by atoms with Crippen LogP contribution in [-0.4, -0.2) is 97.3 Å². The predicted molar refractivity (Wildman–Crippen MR) is 241 cm³/mol. The van der Waals surface area contributed by atoms with Crippen LogP contribution < -0.4 is 16.0 Å². The molecule has 62 heavy (non-hydrogen) atoms. The fourth-order valence-electron chi connectivity index (χ4n) is 7.95. The molecule has 1 fully saturated rings. The van der Waals surface area contributed by atoms with E-state index in [9.17, 15) is 29.4 Å². The molecular formula is C49H65N7O6. The molecule has 0 spiro atoms. The van der Waals surface area contributed by atoms with E-state index >= 15 is 0 Å². The monoisotopic (exact) mass is 847 g/mol. The van der Waals surface area contributed by atoms with Crippen molar-refractivity contribution in [2.75, 3.05) is 13.1 Å². The zero-order valence-corrected chi connectivity index (χ0v) is 37.7. The van der Waals surface area contributed by atoms with E-state index in [1.807, 2.05) is 112 Å². The number of nitrogens with one attached hydrogen (secondary N) is 3. The molecule has 332 valence electrons. The number of pyridine rings is 2. The zero-order valence-electron chi connectivity index (χ0n) is 37.7. The molecule has 5 N–H and O–H groups in total. The smallest absolute Gasteiger partial charge is 0.405 e. The molecule has 13 nitrogen and oxygen atoms in total. The third-order valence-corrected chi connectivity index (χ3v) is 11.2. The van der Waals surface area contributed by atoms with Crippen LogP contribution in [0.5, 0.6) is 0 Å². The van der Waals surface area contributed by atoms with Crippen molar-refractivity contribution in [1.82, 2.24) is 35.7 Å². The summed E-state index contributed by atoms with van der Waals surface area (Å²) in [5, 5.41) is 30.4. The molecule has 0 aliphatic carbocycles. The van der Waals surface area contributed by atoms with Gasteiger partial charge in [-0.15, -0.1) is 0 Å². The van der Waals surface area contributed by atoms with E-state index in [0.29, 0.717) is 26.1 Å². The number of amides is 5. The lowest BCUT2D eigenvalue weighted by Crippen LogP contribution is -2.59. The highest BCUT2D eigenvalue weighted by molar-refractivity contribution is 5.89. The largest absolute Gasteiger partial charge is 0.465 e. The standard InChI is InChI=1S/C49H65N7O6/c1-47(2,3)40-20-15-18-35(51-40)31-55-26-27-56(46(55)62)42(49(7,8)9)44(59)53-38(29-32-16-11-10-12-17-32)39(57)30-36(52-43(58)41(48(4,5)6)54-45(60)61)28-33-21-23-34(24-22-33)37-19-13-14-25-50-37/h10-25,36,38-39,41-42,54,57H,26-31H2,1-9H3,(H,52,58)(H,53,59)(H,60,61)/t36-,38+,39+,41-,42-/m1/s1. The Balaban J connectivity index is 1.41. The second kappa shape index (κ2) is 19.9. The van der Waals surface area contributed by atoms with Gasteiger partial charge in [0.25, 0.3) is 0 Å². The lowest BCUT2D eigenvalue weighted by Gasteiger charge is -2.38. The van der Waals surface area contributed by atoms with Gasteiger partial charge in [-0.05, 0) is 65.5 Å². The summed E-state index contributed by atoms with van der Waals surface area (Å²) in [4.78, 5) is 67.1. The Labute approximate surface area is 366 Å². The average Bonchev–Trinajstić information content (AvgIpc) is 3.54. The second-order valence-corrected chi connectivity index (χ2v) is 19.6. The number of hydrogen-bond acceptors (Lipinski definition) is 7. The number of carbonyl (C=O) groups excluding carboxylic acids is 3. The Morgan fingerprint density at radius 2 is 1.39 bits per heavy atom. The first-order chi connectivity index (χ1) is 29.1. The highest BCUT2D eigenvalue weighted by Crippen LogP contribution is 2.30. The van der Waals surface area contributed by atoms with Gasteiger partial charge in [0.05, 0.1) is 30.1 Å². The molecule has 13 heteroatoms. The fraction of sp³-hybridized carbons (Fsp3) is 0.469. The molecule has 0 saturated carbocycles. The van der Waals surface area contributed by atoms with Crippen LogP contribution >= 0.6 is 0 Å². The zero-order chi connectivity index (χ0) is 45.4. The van der Waals surface area contributed by atoms with Crippen LogP contribution in [0.1, 0.15) is 91.2 Å². The summed E-state index contributed by atoms with van der Waals surface area (Å²) in [6, 6.07) is 25.1. The van der Waals surface area contributed by atoms with E-state index in [2.05, 4.69) is 41.7 Å². The van der Waals surface area contributed by atoms with Gasteiger partial charge >= 0.3 is 12.1 Å². The minimum Gasteiger partial charge on any atom is -0.465 e. The highest BCUT2D eigenvalue weighted by Gasteiger charge is 2.44. The number of aliphatic hydroxyl groups excluding tert-OH is 1. The van der Waals surface area contributed by atoms with E-state index in [-0.39, 0.29) is 24.3 Å². The molecule has 5 amide bonds. The first-order valence-electron chi connectivity index (χ1n) is 21.4. The molecule has 1 saturated heterocycles. The number of nitrogens with zero attached hydrogens (tertiary/aromatic N) is 4. The Morgan fingerprint density at radius 3 is 1.98 bits per heavy atom. The number of urea groups is 1. The number of rotatable bonds is 16. The quantitative estimate of drug-likeness (QED) is 0.0802. The molecule has 5 rings (SSSR count). The van der Waals surface area contributed by atoms with E-state index < -0.39 is 59.0 Å². The number of benzene rings is 2. The first kappa shape index (κ1) is 47.2. The van der Waals surface area contributed by atoms with Crippen LogP contribution in [0.15, 0.2) is 97.2 Å². The van der Waals surface area contributed by atoms with Gasteiger partial charge in [0, 0.05) is 42.0 Å². The van der Waals surface area contributed by atoms with Gasteiger partial charge < -0.3 is 36.0 Å². The van der Waals surface area contributed by atoms with Crippen LogP contribution in [0.3, 0.4) is 0 Å². The molecule has 0 radical (unpaired) electrons. The van der Waals surface area contributed by atoms with Gasteiger partial charge in [0.2, 0.25) is 11.8 Å². The summed E-state index contributed by atoms with van der Waals surface area (Å²) in [5.74, 6) is -0.930. The molecule has 5 atom stereocenters. The third-order valence-electron chi connectivity index (χ3n) is 11.2. The minimum absolute atomic E-state index is 0.0205. The van der Waals surface area contributed by atoms with Crippen molar-refractivity contribution in [3.8, 4) is 11.3 Å². The fourth-order valence-corrected chi connectivity index (χ4v) is 7.95. The van der Waals surface area contributed by atoms with E-state index in [1.165, 1.54) is 0 Å². The Kier molecular flexibility index (Phi) is 15.2. The topological polar surface area (TPSA) is 177 Å². The summed E-state index contributed by atoms with van der Waals surface area (Å²) in [5.41, 5.74) is 3.57. The first-order valence-corrected chi connectivity index (χ1v) is 21.4. The summed E-state index contributed by atoms with van der Waals surface area (Å²) in [6.45, 7) is 18.4. The maximum absolute atomic E-state index is 14.7. The van der Waals surface area contributed by atoms with Crippen molar-refractivity contribution >= 4 is 23.9 Å². The SMILES string of the molecule is CC(C)(C)c1cccc(CN2CCN([C@H](C(=O)N[C@@H](Cc3ccccc3)[C@@H](O)C[C@@H](Cc3ccc(-c4ccccn4)cc3)NC(=O)[C@@H](NC(=O)O)C(C)(C)C)C(C)(C)C)C2=O)n1. The van der Waals surface area contributed by atoms with E-state index in [0.717, 1.165) is 33.8 Å². The normalized spacial score (nSPS) is 15.9. The van der Waals surface area contributed by atoms with Crippen LogP contribution in [0.25, 0.3) is 11.3 Å². The van der Waals surface area contributed by atoms with Crippen molar-refractivity contribution in [2.45, 2.75) is 124 Å². The van der Waals surface area contributed by atoms with Gasteiger partial charge in [0.1, 0.15) is 12.1 Å². The van der Waals surface area contributed by atoms with Gasteiger partial charge in [0.15, 0.2) is 0 Å². The Morgan fingerprint density at radius 1 is 0.726 bits per heavy atom. The maximum Gasteiger partial charge on any atom is 0.405 e. The summed E-state index contributed by atoms with van der Waals surface area (Å²) in [7, 11) is 0. The lowest BCUT2D eigenvalue weighted by molar-refractivity contribution is -0.131. The summed E-state index contributed by atoms with van der Waals surface area (Å²) < 4.78 is 0. The number of carbonyl (C=O) groups is 4. The Bertz CT molecular complexity index is 2130. The molecule has 2 aromatic carbocycles. The molecular weight excluding hydrogens is 783 g/mol. The van der Waals surface area contributed by atoms with Gasteiger partial charge in [-0.25, -0.2) is 9.59 Å². The number of hydrogen-bond donors (Lipinski definition) is 5. The van der Waals surface area contributed by atoms with Crippen LogP contribution in [-0.2, 0) is 34.4 Å². The number of aliphatic hydroxyl groups is 1. The van der Waals surface area contributed by atoms with Crippen LogP contribution in [0.4, 0.5) is 9.59 Å². The lowest BCUT2D eigenvalue weighted by atomic mass is 9.84. The minimum atomic E-state index is -1.33. The Hall–Kier alpha value is -5.82. The van der Waals surface area contributed by atoms with E-state index in [4.69, 9.17) is 4.98 Å². The van der Waals surface area contributed by atoms with Gasteiger partial charge in [-0.2, -0.15) is 0 Å². The number of carboxylic acid groups (broad SMARTS) is 1. The average molecular weight is 848 g/mol. The van der Waals surface area contributed by atoms with Crippen LogP contribution in [0.2, 0.25) is 0 Å². The molecule has 2 aromatic heterocycles. The molecule has 4 aromatic rings. The van der Waals surface area contributed by atoms with Crippen molar-refractivity contribution in [3.63, 3.8) is 0 Å². The number of aromatic nitrogens is 2. The third kappa shape index (κ3) is 12.9. The van der Waals surface area contributed by atoms with Crippen molar-refractivity contribution in [2.24, 2.45) is 10.8 Å². The van der Waals surface area contributed by atoms with Gasteiger partial charge in [-0.3, -0.25) is 19.6 Å². The summed E-state index contributed by atoms with van der Waals surface area (Å²) >= 11 is 0. The van der Waals surface area contributed by atoms with Crippen molar-refractivity contribution < 1.29 is 29.4 Å². The molecule has 3 heterocycles. The van der Waals surface area contributed by atoms with E-state index in [1.54, 1.807) is 36.8 Å². The maximum atomic E-state index is 14.7. The second-order valence-electron chi connectivity index (χ2n) is 19.6. The summed E-state index contributed by atoms with van der Waals surface area (Å²) in [6.07, 6.45) is -0.183. The molecule has 0 unspecified atom stereocenters. The van der Waals surface area contributed by atoms with Crippen molar-refractivity contribution in [1.29, 1.82) is 0 Å². The molecule has 1 aliphatic rings.